The summed E-state index contributed by atoms with van der Waals surface area (Å²) in [6, 6.07) is 3.70. The normalized spacial score (nSPS) is 12.4. The maximum absolute atomic E-state index is 13.4. The molecule has 1 rings (SSSR count). The number of carboxylic acids is 1. The Bertz CT molecular complexity index is 395. The lowest BCUT2D eigenvalue weighted by Gasteiger charge is -2.10. The molecule has 3 N–H and O–H groups in total. The van der Waals surface area contributed by atoms with Crippen molar-refractivity contribution >= 4 is 5.97 Å². The van der Waals surface area contributed by atoms with E-state index in [0.717, 1.165) is 6.07 Å². The molecule has 0 aliphatic heterocycles. The standard InChI is InChI=1S/C12H16FNO3/c1-8(7-15)5-14-6-10-4-9(12(16)17)2-3-11(10)13/h2-4,8,14-15H,5-7H2,1H3,(H,16,17). The molecule has 1 aromatic carbocycles. The van der Waals surface area contributed by atoms with Crippen molar-refractivity contribution in [2.45, 2.75) is 13.5 Å². The van der Waals surface area contributed by atoms with E-state index in [0.29, 0.717) is 12.1 Å². The third kappa shape index (κ3) is 4.13. The van der Waals surface area contributed by atoms with Crippen LogP contribution in [0.1, 0.15) is 22.8 Å². The first-order valence-electron chi connectivity index (χ1n) is 5.38. The van der Waals surface area contributed by atoms with E-state index in [1.807, 2.05) is 6.92 Å². The molecule has 17 heavy (non-hydrogen) atoms. The van der Waals surface area contributed by atoms with Gasteiger partial charge in [0.15, 0.2) is 0 Å². The molecule has 0 aromatic heterocycles. The van der Waals surface area contributed by atoms with Gasteiger partial charge in [-0.15, -0.1) is 0 Å². The topological polar surface area (TPSA) is 69.6 Å². The van der Waals surface area contributed by atoms with Crippen molar-refractivity contribution in [1.82, 2.24) is 5.32 Å². The molecule has 0 saturated carbocycles. The Hall–Kier alpha value is -1.46. The van der Waals surface area contributed by atoms with E-state index in [1.54, 1.807) is 0 Å². The van der Waals surface area contributed by atoms with E-state index in [2.05, 4.69) is 5.32 Å². The summed E-state index contributed by atoms with van der Waals surface area (Å²) in [6.07, 6.45) is 0. The second-order valence-corrected chi connectivity index (χ2v) is 4.03. The SMILES string of the molecule is CC(CO)CNCc1cc(C(=O)O)ccc1F. The van der Waals surface area contributed by atoms with Crippen LogP contribution in [0.2, 0.25) is 0 Å². The monoisotopic (exact) mass is 241 g/mol. The van der Waals surface area contributed by atoms with Crippen LogP contribution in [0, 0.1) is 11.7 Å². The maximum atomic E-state index is 13.4. The summed E-state index contributed by atoms with van der Waals surface area (Å²) in [5, 5.41) is 20.6. The van der Waals surface area contributed by atoms with Gasteiger partial charge < -0.3 is 15.5 Å². The van der Waals surface area contributed by atoms with Crippen molar-refractivity contribution in [2.24, 2.45) is 5.92 Å². The van der Waals surface area contributed by atoms with Gasteiger partial charge in [0.1, 0.15) is 5.82 Å². The van der Waals surface area contributed by atoms with Gasteiger partial charge in [-0.3, -0.25) is 0 Å². The molecule has 4 nitrogen and oxygen atoms in total. The first-order chi connectivity index (χ1) is 8.04. The lowest BCUT2D eigenvalue weighted by Crippen LogP contribution is -2.23. The Balaban J connectivity index is 2.63. The Labute approximate surface area is 99.1 Å². The number of carbonyl (C=O) groups is 1. The van der Waals surface area contributed by atoms with Gasteiger partial charge in [0.05, 0.1) is 5.56 Å². The average molecular weight is 241 g/mol. The fourth-order valence-electron chi connectivity index (χ4n) is 1.36. The van der Waals surface area contributed by atoms with E-state index < -0.39 is 11.8 Å². The highest BCUT2D eigenvalue weighted by Crippen LogP contribution is 2.10. The average Bonchev–Trinajstić information content (AvgIpc) is 2.30. The van der Waals surface area contributed by atoms with Crippen molar-refractivity contribution in [2.75, 3.05) is 13.2 Å². The highest BCUT2D eigenvalue weighted by Gasteiger charge is 2.08. The molecule has 5 heteroatoms. The van der Waals surface area contributed by atoms with Crippen molar-refractivity contribution in [3.8, 4) is 0 Å². The van der Waals surface area contributed by atoms with Gasteiger partial charge >= 0.3 is 5.97 Å². The number of aliphatic hydroxyl groups excluding tert-OH is 1. The molecule has 1 atom stereocenters. The minimum Gasteiger partial charge on any atom is -0.478 e. The number of hydrogen-bond acceptors (Lipinski definition) is 3. The van der Waals surface area contributed by atoms with Crippen LogP contribution >= 0.6 is 0 Å². The molecule has 0 aliphatic carbocycles. The van der Waals surface area contributed by atoms with Crippen LogP contribution in [0.3, 0.4) is 0 Å². The van der Waals surface area contributed by atoms with Crippen LogP contribution < -0.4 is 5.32 Å². The van der Waals surface area contributed by atoms with E-state index >= 15 is 0 Å². The van der Waals surface area contributed by atoms with Gasteiger partial charge in [-0.25, -0.2) is 9.18 Å². The number of rotatable bonds is 6. The smallest absolute Gasteiger partial charge is 0.335 e. The van der Waals surface area contributed by atoms with E-state index in [4.69, 9.17) is 10.2 Å². The van der Waals surface area contributed by atoms with Crippen molar-refractivity contribution in [3.63, 3.8) is 0 Å². The first-order valence-corrected chi connectivity index (χ1v) is 5.38. The second kappa shape index (κ2) is 6.32. The van der Waals surface area contributed by atoms with Crippen LogP contribution in [0.25, 0.3) is 0 Å². The number of aromatic carboxylic acids is 1. The minimum absolute atomic E-state index is 0.0602. The molecule has 0 radical (unpaired) electrons. The van der Waals surface area contributed by atoms with Crippen LogP contribution in [-0.4, -0.2) is 29.3 Å². The number of hydrogen-bond donors (Lipinski definition) is 3. The third-order valence-corrected chi connectivity index (χ3v) is 2.41. The Morgan fingerprint density at radius 1 is 1.53 bits per heavy atom. The van der Waals surface area contributed by atoms with Gasteiger partial charge in [-0.05, 0) is 24.1 Å². The quantitative estimate of drug-likeness (QED) is 0.701. The Kier molecular flexibility index (Phi) is 5.06. The molecule has 0 heterocycles. The molecule has 0 aliphatic rings. The summed E-state index contributed by atoms with van der Waals surface area (Å²) < 4.78 is 13.4. The summed E-state index contributed by atoms with van der Waals surface area (Å²) >= 11 is 0. The fourth-order valence-corrected chi connectivity index (χ4v) is 1.36. The molecule has 0 amide bonds. The maximum Gasteiger partial charge on any atom is 0.335 e. The summed E-state index contributed by atoms with van der Waals surface area (Å²) in [5.74, 6) is -1.42. The third-order valence-electron chi connectivity index (χ3n) is 2.41. The second-order valence-electron chi connectivity index (χ2n) is 4.03. The van der Waals surface area contributed by atoms with E-state index in [-0.39, 0.29) is 24.6 Å². The van der Waals surface area contributed by atoms with Crippen LogP contribution in [0.5, 0.6) is 0 Å². The summed E-state index contributed by atoms with van der Waals surface area (Å²) in [7, 11) is 0. The van der Waals surface area contributed by atoms with Gasteiger partial charge in [0.25, 0.3) is 0 Å². The largest absolute Gasteiger partial charge is 0.478 e. The predicted molar refractivity (Wildman–Crippen MR) is 61.3 cm³/mol. The number of carboxylic acid groups (broad SMARTS) is 1. The van der Waals surface area contributed by atoms with Crippen molar-refractivity contribution < 1.29 is 19.4 Å². The van der Waals surface area contributed by atoms with Crippen molar-refractivity contribution in [1.29, 1.82) is 0 Å². The summed E-state index contributed by atoms with van der Waals surface area (Å²) in [4.78, 5) is 10.7. The summed E-state index contributed by atoms with van der Waals surface area (Å²) in [6.45, 7) is 2.71. The zero-order valence-electron chi connectivity index (χ0n) is 9.61. The zero-order valence-corrected chi connectivity index (χ0v) is 9.61. The Morgan fingerprint density at radius 3 is 2.82 bits per heavy atom. The highest BCUT2D eigenvalue weighted by molar-refractivity contribution is 5.87. The fraction of sp³-hybridized carbons (Fsp3) is 0.417. The lowest BCUT2D eigenvalue weighted by atomic mass is 10.1. The van der Waals surface area contributed by atoms with E-state index in [1.165, 1.54) is 12.1 Å². The molecule has 1 aromatic rings. The van der Waals surface area contributed by atoms with Crippen molar-refractivity contribution in [3.05, 3.63) is 35.1 Å². The molecule has 0 saturated heterocycles. The first kappa shape index (κ1) is 13.6. The number of nitrogens with one attached hydrogen (secondary N) is 1. The molecule has 1 unspecified atom stereocenters. The molecular formula is C12H16FNO3. The lowest BCUT2D eigenvalue weighted by molar-refractivity contribution is 0.0696. The van der Waals surface area contributed by atoms with Gasteiger partial charge in [-0.1, -0.05) is 6.92 Å². The van der Waals surface area contributed by atoms with Gasteiger partial charge in [0.2, 0.25) is 0 Å². The Morgan fingerprint density at radius 2 is 2.24 bits per heavy atom. The van der Waals surface area contributed by atoms with Crippen LogP contribution in [0.15, 0.2) is 18.2 Å². The highest BCUT2D eigenvalue weighted by atomic mass is 19.1. The summed E-state index contributed by atoms with van der Waals surface area (Å²) in [5.41, 5.74) is 0.383. The molecule has 0 spiro atoms. The van der Waals surface area contributed by atoms with Crippen LogP contribution in [-0.2, 0) is 6.54 Å². The molecule has 0 bridgehead atoms. The molecule has 94 valence electrons. The van der Waals surface area contributed by atoms with Gasteiger partial charge in [0, 0.05) is 25.3 Å². The predicted octanol–water partition coefficient (Wildman–Crippen LogP) is 1.24. The van der Waals surface area contributed by atoms with Crippen LogP contribution in [0.4, 0.5) is 4.39 Å². The molecular weight excluding hydrogens is 225 g/mol. The minimum atomic E-state index is -1.07. The van der Waals surface area contributed by atoms with Gasteiger partial charge in [-0.2, -0.15) is 0 Å². The zero-order chi connectivity index (χ0) is 12.8. The van der Waals surface area contributed by atoms with E-state index in [9.17, 15) is 9.18 Å². The molecule has 0 fully saturated rings. The number of halogens is 1. The number of benzene rings is 1. The number of aliphatic hydroxyl groups is 1.